The molecule has 0 aliphatic heterocycles. The molecule has 0 heterocycles. The van der Waals surface area contributed by atoms with Gasteiger partial charge in [0.15, 0.2) is 0 Å². The van der Waals surface area contributed by atoms with E-state index in [2.05, 4.69) is 5.32 Å². The molecule has 0 fully saturated rings. The van der Waals surface area contributed by atoms with Crippen LogP contribution in [0.5, 0.6) is 0 Å². The molecular formula is C12H17ClFNO. The van der Waals surface area contributed by atoms with Crippen LogP contribution in [-0.2, 0) is 4.74 Å². The fourth-order valence-corrected chi connectivity index (χ4v) is 1.44. The minimum Gasteiger partial charge on any atom is -0.380 e. The molecule has 0 bridgehead atoms. The molecule has 1 N–H and O–H groups in total. The first-order valence-corrected chi connectivity index (χ1v) is 5.63. The van der Waals surface area contributed by atoms with E-state index in [-0.39, 0.29) is 23.0 Å². The largest absolute Gasteiger partial charge is 0.380 e. The Morgan fingerprint density at radius 2 is 2.12 bits per heavy atom. The van der Waals surface area contributed by atoms with Crippen molar-refractivity contribution >= 4 is 11.6 Å². The standard InChI is InChI=1S/C12H17ClFNO/c1-8(16-3)7-15-9(2)10-4-5-11(13)12(14)6-10/h4-6,8-9,15H,7H2,1-3H3. The van der Waals surface area contributed by atoms with Crippen LogP contribution in [0.1, 0.15) is 25.5 Å². The highest BCUT2D eigenvalue weighted by molar-refractivity contribution is 6.30. The van der Waals surface area contributed by atoms with Crippen molar-refractivity contribution in [3.63, 3.8) is 0 Å². The van der Waals surface area contributed by atoms with Gasteiger partial charge in [-0.3, -0.25) is 0 Å². The summed E-state index contributed by atoms with van der Waals surface area (Å²) in [7, 11) is 1.67. The van der Waals surface area contributed by atoms with Crippen LogP contribution in [0.25, 0.3) is 0 Å². The highest BCUT2D eigenvalue weighted by atomic mass is 35.5. The maximum atomic E-state index is 13.2. The molecule has 0 radical (unpaired) electrons. The van der Waals surface area contributed by atoms with E-state index in [1.807, 2.05) is 19.9 Å². The topological polar surface area (TPSA) is 21.3 Å². The maximum absolute atomic E-state index is 13.2. The third kappa shape index (κ3) is 3.74. The number of rotatable bonds is 5. The molecule has 1 rings (SSSR count). The Bertz CT molecular complexity index is 346. The van der Waals surface area contributed by atoms with Gasteiger partial charge in [0, 0.05) is 19.7 Å². The Kier molecular flexibility index (Phi) is 5.19. The van der Waals surface area contributed by atoms with Gasteiger partial charge in [-0.2, -0.15) is 0 Å². The van der Waals surface area contributed by atoms with Crippen molar-refractivity contribution in [3.8, 4) is 0 Å². The zero-order valence-corrected chi connectivity index (χ0v) is 10.5. The first kappa shape index (κ1) is 13.4. The fourth-order valence-electron chi connectivity index (χ4n) is 1.33. The van der Waals surface area contributed by atoms with Crippen LogP contribution < -0.4 is 5.32 Å². The number of halogens is 2. The van der Waals surface area contributed by atoms with E-state index >= 15 is 0 Å². The molecular weight excluding hydrogens is 229 g/mol. The molecule has 1 aromatic rings. The normalized spacial score (nSPS) is 14.8. The quantitative estimate of drug-likeness (QED) is 0.861. The zero-order valence-electron chi connectivity index (χ0n) is 9.76. The van der Waals surface area contributed by atoms with Crippen molar-refractivity contribution in [2.24, 2.45) is 0 Å². The van der Waals surface area contributed by atoms with Crippen molar-refractivity contribution in [1.82, 2.24) is 5.32 Å². The smallest absolute Gasteiger partial charge is 0.142 e. The molecule has 2 atom stereocenters. The van der Waals surface area contributed by atoms with E-state index < -0.39 is 0 Å². The Morgan fingerprint density at radius 1 is 1.44 bits per heavy atom. The number of methoxy groups -OCH3 is 1. The van der Waals surface area contributed by atoms with E-state index in [9.17, 15) is 4.39 Å². The molecule has 4 heteroatoms. The Balaban J connectivity index is 2.59. The lowest BCUT2D eigenvalue weighted by Gasteiger charge is -2.17. The van der Waals surface area contributed by atoms with Gasteiger partial charge in [0.25, 0.3) is 0 Å². The monoisotopic (exact) mass is 245 g/mol. The third-order valence-electron chi connectivity index (χ3n) is 2.56. The van der Waals surface area contributed by atoms with Crippen LogP contribution in [0.15, 0.2) is 18.2 Å². The van der Waals surface area contributed by atoms with Gasteiger partial charge in [0.2, 0.25) is 0 Å². The summed E-state index contributed by atoms with van der Waals surface area (Å²) in [6.07, 6.45) is 0.139. The lowest BCUT2D eigenvalue weighted by Crippen LogP contribution is -2.28. The Labute approximate surface area is 101 Å². The molecule has 0 saturated carbocycles. The maximum Gasteiger partial charge on any atom is 0.142 e. The van der Waals surface area contributed by atoms with Crippen molar-refractivity contribution < 1.29 is 9.13 Å². The summed E-state index contributed by atoms with van der Waals surface area (Å²) in [5.74, 6) is -0.382. The molecule has 0 aromatic heterocycles. The van der Waals surface area contributed by atoms with Crippen LogP contribution in [0.3, 0.4) is 0 Å². The van der Waals surface area contributed by atoms with Gasteiger partial charge in [0.05, 0.1) is 11.1 Å². The predicted molar refractivity (Wildman–Crippen MR) is 64.3 cm³/mol. The van der Waals surface area contributed by atoms with Crippen molar-refractivity contribution in [3.05, 3.63) is 34.6 Å². The number of hydrogen-bond acceptors (Lipinski definition) is 2. The van der Waals surface area contributed by atoms with Crippen LogP contribution >= 0.6 is 11.6 Å². The van der Waals surface area contributed by atoms with E-state index in [0.717, 1.165) is 12.1 Å². The van der Waals surface area contributed by atoms with E-state index in [4.69, 9.17) is 16.3 Å². The van der Waals surface area contributed by atoms with Crippen LogP contribution in [-0.4, -0.2) is 19.8 Å². The summed E-state index contributed by atoms with van der Waals surface area (Å²) in [6, 6.07) is 4.92. The van der Waals surface area contributed by atoms with Gasteiger partial charge in [-0.15, -0.1) is 0 Å². The summed E-state index contributed by atoms with van der Waals surface area (Å²) in [4.78, 5) is 0. The van der Waals surface area contributed by atoms with E-state index in [0.29, 0.717) is 0 Å². The molecule has 0 spiro atoms. The average Bonchev–Trinajstić information content (AvgIpc) is 2.29. The highest BCUT2D eigenvalue weighted by Crippen LogP contribution is 2.19. The van der Waals surface area contributed by atoms with Gasteiger partial charge in [-0.25, -0.2) is 4.39 Å². The first-order chi connectivity index (χ1) is 7.54. The minimum atomic E-state index is -0.382. The molecule has 2 unspecified atom stereocenters. The molecule has 0 aliphatic rings. The van der Waals surface area contributed by atoms with Gasteiger partial charge < -0.3 is 10.1 Å². The molecule has 2 nitrogen and oxygen atoms in total. The first-order valence-electron chi connectivity index (χ1n) is 5.25. The molecule has 1 aromatic carbocycles. The summed E-state index contributed by atoms with van der Waals surface area (Å²) >= 11 is 5.62. The molecule has 90 valence electrons. The van der Waals surface area contributed by atoms with Gasteiger partial charge >= 0.3 is 0 Å². The van der Waals surface area contributed by atoms with E-state index in [1.54, 1.807) is 13.2 Å². The van der Waals surface area contributed by atoms with Crippen LogP contribution in [0.2, 0.25) is 5.02 Å². The molecule has 16 heavy (non-hydrogen) atoms. The number of benzene rings is 1. The predicted octanol–water partition coefficient (Wildman–Crippen LogP) is 3.16. The van der Waals surface area contributed by atoms with Gasteiger partial charge in [-0.1, -0.05) is 17.7 Å². The SMILES string of the molecule is COC(C)CNC(C)c1ccc(Cl)c(F)c1. The fraction of sp³-hybridized carbons (Fsp3) is 0.500. The summed E-state index contributed by atoms with van der Waals surface area (Å²) in [5.41, 5.74) is 0.880. The van der Waals surface area contributed by atoms with Crippen molar-refractivity contribution in [1.29, 1.82) is 0 Å². The Hall–Kier alpha value is -0.640. The zero-order chi connectivity index (χ0) is 12.1. The van der Waals surface area contributed by atoms with E-state index in [1.165, 1.54) is 6.07 Å². The highest BCUT2D eigenvalue weighted by Gasteiger charge is 2.09. The van der Waals surface area contributed by atoms with Crippen molar-refractivity contribution in [2.75, 3.05) is 13.7 Å². The molecule has 0 amide bonds. The lowest BCUT2D eigenvalue weighted by molar-refractivity contribution is 0.115. The Morgan fingerprint density at radius 3 is 2.69 bits per heavy atom. The summed E-state index contributed by atoms with van der Waals surface area (Å²) in [5, 5.41) is 3.42. The molecule has 0 saturated heterocycles. The summed E-state index contributed by atoms with van der Waals surface area (Å²) < 4.78 is 18.3. The van der Waals surface area contributed by atoms with Crippen LogP contribution in [0.4, 0.5) is 4.39 Å². The van der Waals surface area contributed by atoms with Crippen LogP contribution in [0, 0.1) is 5.82 Å². The number of nitrogens with one attached hydrogen (secondary N) is 1. The number of ether oxygens (including phenoxy) is 1. The van der Waals surface area contributed by atoms with Gasteiger partial charge in [-0.05, 0) is 31.5 Å². The van der Waals surface area contributed by atoms with Gasteiger partial charge in [0.1, 0.15) is 5.82 Å². The number of hydrogen-bond donors (Lipinski definition) is 1. The average molecular weight is 246 g/mol. The third-order valence-corrected chi connectivity index (χ3v) is 2.86. The van der Waals surface area contributed by atoms with Crippen molar-refractivity contribution in [2.45, 2.75) is 26.0 Å². The second-order valence-corrected chi connectivity index (χ2v) is 4.26. The molecule has 0 aliphatic carbocycles. The second-order valence-electron chi connectivity index (χ2n) is 3.85. The lowest BCUT2D eigenvalue weighted by atomic mass is 10.1. The minimum absolute atomic E-state index is 0.0735. The summed E-state index contributed by atoms with van der Waals surface area (Å²) in [6.45, 7) is 4.68. The second kappa shape index (κ2) is 6.18.